The van der Waals surface area contributed by atoms with E-state index < -0.39 is 0 Å². The molecule has 12 heavy (non-hydrogen) atoms. The first-order valence-electron chi connectivity index (χ1n) is 3.72. The van der Waals surface area contributed by atoms with Gasteiger partial charge in [-0.2, -0.15) is 0 Å². The first-order valence-corrected chi connectivity index (χ1v) is 3.72. The van der Waals surface area contributed by atoms with Gasteiger partial charge in [0.25, 0.3) is 0 Å². The maximum Gasteiger partial charge on any atom is 0.0781 e. The molecule has 2 N–H and O–H groups in total. The Morgan fingerprint density at radius 3 is 2.25 bits per heavy atom. The van der Waals surface area contributed by atoms with Gasteiger partial charge in [-0.15, -0.1) is 0 Å². The molecule has 0 aromatic heterocycles. The third-order valence-corrected chi connectivity index (χ3v) is 1.08. The van der Waals surface area contributed by atoms with Crippen molar-refractivity contribution in [2.45, 2.75) is 13.0 Å². The first-order chi connectivity index (χ1) is 5.31. The third-order valence-electron chi connectivity index (χ3n) is 1.08. The molecule has 1 unspecified atom stereocenters. The molecule has 0 spiro atoms. The number of aliphatic hydroxyl groups excluding tert-OH is 2. The minimum atomic E-state index is -0.0197. The number of ether oxygens (including phenoxy) is 2. The number of aliphatic hydroxyl groups is 2. The van der Waals surface area contributed by atoms with Crippen molar-refractivity contribution >= 4 is 0 Å². The van der Waals surface area contributed by atoms with Gasteiger partial charge in [0, 0.05) is 32.7 Å². The maximum atomic E-state index is 8.38. The summed E-state index contributed by atoms with van der Waals surface area (Å²) in [7, 11) is 0. The van der Waals surface area contributed by atoms with Crippen LogP contribution in [0.25, 0.3) is 0 Å². The normalized spacial score (nSPS) is 12.2. The van der Waals surface area contributed by atoms with E-state index in [1.807, 2.05) is 6.92 Å². The van der Waals surface area contributed by atoms with Gasteiger partial charge in [-0.1, -0.05) is 0 Å². The molecule has 0 aliphatic carbocycles. The molecule has 0 amide bonds. The molecule has 5 heteroatoms. The Hall–Kier alpha value is 0.944. The summed E-state index contributed by atoms with van der Waals surface area (Å²) in [5.74, 6) is 0. The van der Waals surface area contributed by atoms with Crippen molar-refractivity contribution in [1.29, 1.82) is 0 Å². The summed E-state index contributed by atoms with van der Waals surface area (Å²) >= 11 is 0. The van der Waals surface area contributed by atoms with E-state index in [1.54, 1.807) is 0 Å². The molecule has 0 aromatic carbocycles. The topological polar surface area (TPSA) is 58.9 Å². The van der Waals surface area contributed by atoms with Crippen LogP contribution in [0.1, 0.15) is 6.92 Å². The Labute approximate surface area is 98.1 Å². The van der Waals surface area contributed by atoms with Gasteiger partial charge in [-0.05, 0) is 6.92 Å². The molecule has 0 rings (SSSR count). The van der Waals surface area contributed by atoms with Gasteiger partial charge in [-0.25, -0.2) is 0 Å². The standard InChI is InChI=1S/C7H16O4.Y/c1-7(11-5-3-9)6-10-4-2-8;/h7-9H,2-6H2,1H3;. The second-order valence-electron chi connectivity index (χ2n) is 2.20. The van der Waals surface area contributed by atoms with E-state index in [-0.39, 0.29) is 52.0 Å². The predicted molar refractivity (Wildman–Crippen MR) is 40.4 cm³/mol. The molecule has 0 aliphatic rings. The molecule has 1 atom stereocenters. The predicted octanol–water partition coefficient (Wildman–Crippen LogP) is -0.610. The Balaban J connectivity index is 0. The van der Waals surface area contributed by atoms with Crippen LogP contribution in [0.15, 0.2) is 0 Å². The van der Waals surface area contributed by atoms with E-state index in [9.17, 15) is 0 Å². The molecule has 4 nitrogen and oxygen atoms in total. The second kappa shape index (κ2) is 11.9. The Bertz CT molecular complexity index is 81.8. The van der Waals surface area contributed by atoms with E-state index in [0.717, 1.165) is 0 Å². The van der Waals surface area contributed by atoms with E-state index in [4.69, 9.17) is 19.7 Å². The van der Waals surface area contributed by atoms with E-state index in [0.29, 0.717) is 19.8 Å². The van der Waals surface area contributed by atoms with Crippen molar-refractivity contribution < 1.29 is 52.4 Å². The maximum absolute atomic E-state index is 8.38. The van der Waals surface area contributed by atoms with E-state index in [1.165, 1.54) is 0 Å². The van der Waals surface area contributed by atoms with E-state index >= 15 is 0 Å². The Morgan fingerprint density at radius 1 is 1.17 bits per heavy atom. The summed E-state index contributed by atoms with van der Waals surface area (Å²) < 4.78 is 10.1. The summed E-state index contributed by atoms with van der Waals surface area (Å²) in [5.41, 5.74) is 0. The fraction of sp³-hybridized carbons (Fsp3) is 1.00. The molecule has 0 aliphatic heterocycles. The molecule has 0 saturated heterocycles. The molecule has 71 valence electrons. The van der Waals surface area contributed by atoms with Crippen LogP contribution < -0.4 is 0 Å². The van der Waals surface area contributed by atoms with Crippen LogP contribution in [0.3, 0.4) is 0 Å². The number of rotatable bonds is 7. The fourth-order valence-corrected chi connectivity index (χ4v) is 0.616. The van der Waals surface area contributed by atoms with Gasteiger partial charge in [0.2, 0.25) is 0 Å². The van der Waals surface area contributed by atoms with Crippen LogP contribution in [0, 0.1) is 0 Å². The monoisotopic (exact) mass is 253 g/mol. The van der Waals surface area contributed by atoms with Crippen LogP contribution in [0.4, 0.5) is 0 Å². The summed E-state index contributed by atoms with van der Waals surface area (Å²) in [6, 6.07) is 0. The van der Waals surface area contributed by atoms with Crippen molar-refractivity contribution in [3.05, 3.63) is 0 Å². The summed E-state index contributed by atoms with van der Waals surface area (Å²) in [4.78, 5) is 0. The van der Waals surface area contributed by atoms with Gasteiger partial charge >= 0.3 is 0 Å². The van der Waals surface area contributed by atoms with Crippen molar-refractivity contribution in [2.24, 2.45) is 0 Å². The van der Waals surface area contributed by atoms with Gasteiger partial charge < -0.3 is 19.7 Å². The van der Waals surface area contributed by atoms with Crippen LogP contribution in [-0.4, -0.2) is 49.4 Å². The SMILES string of the molecule is CC(COCCO)OCCO.[Y]. The zero-order chi connectivity index (χ0) is 8.53. The van der Waals surface area contributed by atoms with Crippen LogP contribution in [0.5, 0.6) is 0 Å². The molecular weight excluding hydrogens is 237 g/mol. The van der Waals surface area contributed by atoms with Crippen molar-refractivity contribution in [1.82, 2.24) is 0 Å². The zero-order valence-electron chi connectivity index (χ0n) is 7.40. The van der Waals surface area contributed by atoms with Crippen LogP contribution >= 0.6 is 0 Å². The smallest absolute Gasteiger partial charge is 0.0781 e. The van der Waals surface area contributed by atoms with Crippen LogP contribution in [0.2, 0.25) is 0 Å². The molecule has 0 aromatic rings. The molecule has 0 fully saturated rings. The number of hydrogen-bond donors (Lipinski definition) is 2. The molecule has 0 bridgehead atoms. The molecule has 0 saturated carbocycles. The average molecular weight is 253 g/mol. The van der Waals surface area contributed by atoms with Crippen molar-refractivity contribution in [2.75, 3.05) is 33.0 Å². The largest absolute Gasteiger partial charge is 0.394 e. The van der Waals surface area contributed by atoms with Crippen molar-refractivity contribution in [3.8, 4) is 0 Å². The fourth-order valence-electron chi connectivity index (χ4n) is 0.616. The minimum absolute atomic E-state index is 0. The summed E-state index contributed by atoms with van der Waals surface area (Å²) in [6.45, 7) is 3.06. The van der Waals surface area contributed by atoms with Gasteiger partial charge in [-0.3, -0.25) is 0 Å². The van der Waals surface area contributed by atoms with E-state index in [2.05, 4.69) is 0 Å². The molecule has 1 radical (unpaired) electrons. The quantitative estimate of drug-likeness (QED) is 0.594. The first kappa shape index (κ1) is 15.4. The Kier molecular flexibility index (Phi) is 15.3. The van der Waals surface area contributed by atoms with Gasteiger partial charge in [0.15, 0.2) is 0 Å². The molecular formula is C7H16O4Y. The van der Waals surface area contributed by atoms with Gasteiger partial charge in [0.1, 0.15) is 0 Å². The number of hydrogen-bond acceptors (Lipinski definition) is 4. The van der Waals surface area contributed by atoms with Crippen LogP contribution in [-0.2, 0) is 42.2 Å². The zero-order valence-corrected chi connectivity index (χ0v) is 10.2. The van der Waals surface area contributed by atoms with Crippen molar-refractivity contribution in [3.63, 3.8) is 0 Å². The third kappa shape index (κ3) is 10.9. The summed E-state index contributed by atoms with van der Waals surface area (Å²) in [6.07, 6.45) is -0.0197. The minimum Gasteiger partial charge on any atom is -0.394 e. The van der Waals surface area contributed by atoms with Gasteiger partial charge in [0.05, 0.1) is 39.1 Å². The second-order valence-corrected chi connectivity index (χ2v) is 2.20. The summed E-state index contributed by atoms with van der Waals surface area (Å²) in [5, 5.41) is 16.7. The molecule has 0 heterocycles. The average Bonchev–Trinajstić information content (AvgIpc) is 2.01. The Morgan fingerprint density at radius 2 is 1.75 bits per heavy atom.